The molecule has 1 rings (SSSR count). The maximum absolute atomic E-state index is 12.6. The van der Waals surface area contributed by atoms with Gasteiger partial charge in [-0.25, -0.2) is 9.18 Å². The molecule has 13 heavy (non-hydrogen) atoms. The molecule has 0 atom stereocenters. The van der Waals surface area contributed by atoms with E-state index in [1.807, 2.05) is 0 Å². The quantitative estimate of drug-likeness (QED) is 0.626. The van der Waals surface area contributed by atoms with Crippen LogP contribution in [0.3, 0.4) is 0 Å². The molecule has 0 amide bonds. The van der Waals surface area contributed by atoms with E-state index in [1.54, 1.807) is 19.1 Å². The van der Waals surface area contributed by atoms with E-state index in [9.17, 15) is 9.18 Å². The van der Waals surface area contributed by atoms with Crippen LogP contribution in [0.1, 0.15) is 13.3 Å². The fourth-order valence-corrected chi connectivity index (χ4v) is 1.07. The highest BCUT2D eigenvalue weighted by Crippen LogP contribution is 2.25. The van der Waals surface area contributed by atoms with E-state index >= 15 is 0 Å². The lowest BCUT2D eigenvalue weighted by Gasteiger charge is -2.02. The highest BCUT2D eigenvalue weighted by Gasteiger charge is 2.17. The van der Waals surface area contributed by atoms with Crippen molar-refractivity contribution in [3.05, 3.63) is 35.7 Å². The van der Waals surface area contributed by atoms with Gasteiger partial charge in [-0.2, -0.15) is 0 Å². The van der Waals surface area contributed by atoms with Gasteiger partial charge in [-0.1, -0.05) is 18.7 Å². The minimum absolute atomic E-state index is 0.286. The van der Waals surface area contributed by atoms with E-state index in [4.69, 9.17) is 4.74 Å². The molecule has 0 unspecified atom stereocenters. The number of carbonyl (C=O) groups excluding carboxylic acids is 1. The Kier molecular flexibility index (Phi) is 3.01. The van der Waals surface area contributed by atoms with Crippen LogP contribution in [-0.2, 0) is 9.53 Å². The predicted octanol–water partition coefficient (Wildman–Crippen LogP) is 2.29. The molecule has 70 valence electrons. The molecule has 0 aromatic rings. The van der Waals surface area contributed by atoms with Gasteiger partial charge in [0.2, 0.25) is 0 Å². The van der Waals surface area contributed by atoms with Crippen molar-refractivity contribution in [3.63, 3.8) is 0 Å². The first kappa shape index (κ1) is 9.71. The van der Waals surface area contributed by atoms with Crippen molar-refractivity contribution in [2.45, 2.75) is 13.3 Å². The van der Waals surface area contributed by atoms with Crippen LogP contribution in [0.5, 0.6) is 0 Å². The second-order valence-electron chi connectivity index (χ2n) is 2.69. The van der Waals surface area contributed by atoms with Crippen molar-refractivity contribution >= 4 is 5.97 Å². The Morgan fingerprint density at radius 3 is 2.69 bits per heavy atom. The lowest BCUT2D eigenvalue weighted by atomic mass is 10.1. The third-order valence-electron chi connectivity index (χ3n) is 1.75. The van der Waals surface area contributed by atoms with Crippen LogP contribution >= 0.6 is 0 Å². The lowest BCUT2D eigenvalue weighted by Crippen LogP contribution is -2.06. The summed E-state index contributed by atoms with van der Waals surface area (Å²) in [5.74, 6) is -0.870. The molecule has 0 aromatic carbocycles. The molecule has 0 heterocycles. The van der Waals surface area contributed by atoms with Crippen molar-refractivity contribution in [1.29, 1.82) is 0 Å². The van der Waals surface area contributed by atoms with E-state index < -0.39 is 5.83 Å². The minimum atomic E-state index is -0.490. The maximum atomic E-state index is 12.6. The van der Waals surface area contributed by atoms with Crippen molar-refractivity contribution in [2.75, 3.05) is 6.61 Å². The van der Waals surface area contributed by atoms with Crippen LogP contribution in [0.25, 0.3) is 0 Å². The number of esters is 1. The topological polar surface area (TPSA) is 26.3 Å². The SMILES string of the molecule is C=C(F)C1=CC=C(C(=O)OCC)C1. The molecule has 0 spiro atoms. The zero-order valence-electron chi connectivity index (χ0n) is 7.47. The zero-order chi connectivity index (χ0) is 9.84. The molecule has 2 nitrogen and oxygen atoms in total. The summed E-state index contributed by atoms with van der Waals surface area (Å²) < 4.78 is 17.3. The van der Waals surface area contributed by atoms with Gasteiger partial charge in [-0.3, -0.25) is 0 Å². The summed E-state index contributed by atoms with van der Waals surface area (Å²) in [7, 11) is 0. The Hall–Kier alpha value is -1.38. The summed E-state index contributed by atoms with van der Waals surface area (Å²) in [6.07, 6.45) is 3.40. The van der Waals surface area contributed by atoms with Gasteiger partial charge < -0.3 is 4.74 Å². The van der Waals surface area contributed by atoms with Gasteiger partial charge in [0.1, 0.15) is 5.83 Å². The Morgan fingerprint density at radius 2 is 2.23 bits per heavy atom. The Balaban J connectivity index is 2.54. The second kappa shape index (κ2) is 4.03. The highest BCUT2D eigenvalue weighted by atomic mass is 19.1. The van der Waals surface area contributed by atoms with Gasteiger partial charge >= 0.3 is 5.97 Å². The summed E-state index contributed by atoms with van der Waals surface area (Å²) in [6, 6.07) is 0. The average Bonchev–Trinajstić information content (AvgIpc) is 2.52. The smallest absolute Gasteiger partial charge is 0.334 e. The lowest BCUT2D eigenvalue weighted by molar-refractivity contribution is -0.138. The summed E-state index contributed by atoms with van der Waals surface area (Å²) in [4.78, 5) is 11.1. The third-order valence-corrected chi connectivity index (χ3v) is 1.75. The molecule has 1 aliphatic rings. The van der Waals surface area contributed by atoms with Crippen molar-refractivity contribution in [1.82, 2.24) is 0 Å². The van der Waals surface area contributed by atoms with Gasteiger partial charge in [0.05, 0.1) is 6.61 Å². The zero-order valence-corrected chi connectivity index (χ0v) is 7.47. The van der Waals surface area contributed by atoms with E-state index in [1.165, 1.54) is 0 Å². The molecule has 1 aliphatic carbocycles. The van der Waals surface area contributed by atoms with Crippen LogP contribution in [0.15, 0.2) is 35.7 Å². The molecule has 0 saturated carbocycles. The molecule has 0 aromatic heterocycles. The van der Waals surface area contributed by atoms with Crippen LogP contribution in [0.2, 0.25) is 0 Å². The van der Waals surface area contributed by atoms with Gasteiger partial charge in [0.25, 0.3) is 0 Å². The van der Waals surface area contributed by atoms with Crippen LogP contribution in [0.4, 0.5) is 4.39 Å². The van der Waals surface area contributed by atoms with Crippen LogP contribution in [0, 0.1) is 0 Å². The molecule has 0 fully saturated rings. The Labute approximate surface area is 76.4 Å². The average molecular weight is 182 g/mol. The molecule has 0 aliphatic heterocycles. The monoisotopic (exact) mass is 182 g/mol. The molecule has 3 heteroatoms. The van der Waals surface area contributed by atoms with Gasteiger partial charge in [-0.15, -0.1) is 0 Å². The third kappa shape index (κ3) is 2.28. The number of halogens is 1. The number of rotatable bonds is 3. The first-order valence-corrected chi connectivity index (χ1v) is 4.06. The standard InChI is InChI=1S/C10H11FO2/c1-3-13-10(12)9-5-4-8(6-9)7(2)11/h4-5H,2-3,6H2,1H3. The van der Waals surface area contributed by atoms with Crippen molar-refractivity contribution in [2.24, 2.45) is 0 Å². The Bertz CT molecular complexity index is 300. The summed E-state index contributed by atoms with van der Waals surface area (Å²) >= 11 is 0. The molecular weight excluding hydrogens is 171 g/mol. The molecular formula is C10H11FO2. The van der Waals surface area contributed by atoms with E-state index in [0.717, 1.165) is 0 Å². The molecule has 0 N–H and O–H groups in total. The highest BCUT2D eigenvalue weighted by molar-refractivity contribution is 5.90. The fraction of sp³-hybridized carbons (Fsp3) is 0.300. The summed E-state index contributed by atoms with van der Waals surface area (Å²) in [5, 5.41) is 0. The fourth-order valence-electron chi connectivity index (χ4n) is 1.07. The molecule has 0 radical (unpaired) electrons. The van der Waals surface area contributed by atoms with Gasteiger partial charge in [0.15, 0.2) is 0 Å². The Morgan fingerprint density at radius 1 is 1.62 bits per heavy atom. The van der Waals surface area contributed by atoms with Crippen LogP contribution < -0.4 is 0 Å². The van der Waals surface area contributed by atoms with Gasteiger partial charge in [-0.05, 0) is 12.5 Å². The number of hydrogen-bond acceptors (Lipinski definition) is 2. The first-order chi connectivity index (χ1) is 6.15. The number of hydrogen-bond donors (Lipinski definition) is 0. The van der Waals surface area contributed by atoms with E-state index in [2.05, 4.69) is 6.58 Å². The normalized spacial score (nSPS) is 14.9. The summed E-state index contributed by atoms with van der Waals surface area (Å²) in [6.45, 7) is 5.22. The van der Waals surface area contributed by atoms with E-state index in [-0.39, 0.29) is 12.4 Å². The largest absolute Gasteiger partial charge is 0.463 e. The van der Waals surface area contributed by atoms with Gasteiger partial charge in [0, 0.05) is 12.0 Å². The first-order valence-electron chi connectivity index (χ1n) is 4.06. The number of carbonyl (C=O) groups is 1. The van der Waals surface area contributed by atoms with E-state index in [0.29, 0.717) is 17.8 Å². The maximum Gasteiger partial charge on any atom is 0.334 e. The minimum Gasteiger partial charge on any atom is -0.463 e. The second-order valence-corrected chi connectivity index (χ2v) is 2.69. The molecule has 0 bridgehead atoms. The molecule has 0 saturated heterocycles. The predicted molar refractivity (Wildman–Crippen MR) is 47.7 cm³/mol. The summed E-state index contributed by atoms with van der Waals surface area (Å²) in [5.41, 5.74) is 0.929. The van der Waals surface area contributed by atoms with Crippen molar-refractivity contribution < 1.29 is 13.9 Å². The van der Waals surface area contributed by atoms with Crippen LogP contribution in [-0.4, -0.2) is 12.6 Å². The van der Waals surface area contributed by atoms with Crippen molar-refractivity contribution in [3.8, 4) is 0 Å². The number of ether oxygens (including phenoxy) is 1. The number of allylic oxidation sites excluding steroid dienone is 4.